The number of nitrogens with two attached hydrogens (primary N) is 1. The first-order valence-corrected chi connectivity index (χ1v) is 6.23. The van der Waals surface area contributed by atoms with Gasteiger partial charge in [0.15, 0.2) is 0 Å². The van der Waals surface area contributed by atoms with Crippen LogP contribution in [0.15, 0.2) is 30.6 Å². The molecule has 1 heterocycles. The van der Waals surface area contributed by atoms with E-state index in [0.717, 1.165) is 0 Å². The Morgan fingerprint density at radius 3 is 2.59 bits per heavy atom. The van der Waals surface area contributed by atoms with Crippen LogP contribution in [0, 0.1) is 5.41 Å². The molecule has 1 aromatic carbocycles. The molecule has 0 aliphatic carbocycles. The van der Waals surface area contributed by atoms with Gasteiger partial charge in [-0.1, -0.05) is 12.1 Å². The van der Waals surface area contributed by atoms with E-state index in [1.807, 2.05) is 0 Å². The molecule has 4 N–H and O–H groups in total. The topological polar surface area (TPSA) is 131 Å². The maximum Gasteiger partial charge on any atom is 0.307 e. The van der Waals surface area contributed by atoms with E-state index in [1.165, 1.54) is 13.4 Å². The van der Waals surface area contributed by atoms with Crippen molar-refractivity contribution in [3.8, 4) is 11.6 Å². The molecule has 22 heavy (non-hydrogen) atoms. The Morgan fingerprint density at radius 2 is 2.00 bits per heavy atom. The molecule has 114 valence electrons. The molecule has 0 bridgehead atoms. The molecular weight excluding hydrogens is 288 g/mol. The largest absolute Gasteiger partial charge is 0.481 e. The molecule has 0 radical (unpaired) electrons. The number of hydrogen-bond donors (Lipinski definition) is 3. The number of hydrogen-bond acceptors (Lipinski definition) is 7. The van der Waals surface area contributed by atoms with Crippen molar-refractivity contribution < 1.29 is 19.4 Å². The molecule has 2 rings (SSSR count). The van der Waals surface area contributed by atoms with Crippen LogP contribution in [0.2, 0.25) is 0 Å². The summed E-state index contributed by atoms with van der Waals surface area (Å²) in [6.45, 7) is 0. The molecule has 0 atom stereocenters. The lowest BCUT2D eigenvalue weighted by Crippen LogP contribution is -2.10. The molecular formula is C14H14N4O4. The number of ether oxygens (including phenoxy) is 2. The number of nitrogens with one attached hydrogen (secondary N) is 1. The molecule has 0 fully saturated rings. The second-order valence-corrected chi connectivity index (χ2v) is 4.29. The highest BCUT2D eigenvalue weighted by Gasteiger charge is 2.17. The summed E-state index contributed by atoms with van der Waals surface area (Å²) in [6, 6.07) is 6.48. The zero-order chi connectivity index (χ0) is 16.1. The molecule has 2 aromatic rings. The van der Waals surface area contributed by atoms with Gasteiger partial charge in [0.1, 0.15) is 23.5 Å². The van der Waals surface area contributed by atoms with E-state index in [-0.39, 0.29) is 29.6 Å². The smallest absolute Gasteiger partial charge is 0.307 e. The summed E-state index contributed by atoms with van der Waals surface area (Å²) in [5, 5.41) is 16.4. The van der Waals surface area contributed by atoms with Gasteiger partial charge in [0, 0.05) is 0 Å². The quantitative estimate of drug-likeness (QED) is 0.562. The number of nitrogen functional groups attached to an aromatic ring is 1. The number of anilines is 1. The first-order chi connectivity index (χ1) is 10.5. The fourth-order valence-corrected chi connectivity index (χ4v) is 1.74. The minimum absolute atomic E-state index is 0.0688. The van der Waals surface area contributed by atoms with Crippen molar-refractivity contribution in [3.63, 3.8) is 0 Å². The zero-order valence-electron chi connectivity index (χ0n) is 11.7. The number of benzene rings is 1. The lowest BCUT2D eigenvalue weighted by atomic mass is 10.1. The van der Waals surface area contributed by atoms with Gasteiger partial charge < -0.3 is 20.3 Å². The highest BCUT2D eigenvalue weighted by atomic mass is 16.5. The number of aromatic nitrogens is 2. The number of carboxylic acid groups (broad SMARTS) is 1. The van der Waals surface area contributed by atoms with Crippen LogP contribution in [-0.2, 0) is 16.0 Å². The van der Waals surface area contributed by atoms with Crippen LogP contribution >= 0.6 is 0 Å². The summed E-state index contributed by atoms with van der Waals surface area (Å²) >= 11 is 0. The van der Waals surface area contributed by atoms with Crippen molar-refractivity contribution >= 4 is 17.7 Å². The first kappa shape index (κ1) is 15.2. The predicted octanol–water partition coefficient (Wildman–Crippen LogP) is 1.45. The van der Waals surface area contributed by atoms with Crippen molar-refractivity contribution in [1.82, 2.24) is 9.97 Å². The van der Waals surface area contributed by atoms with Gasteiger partial charge >= 0.3 is 5.97 Å². The predicted molar refractivity (Wildman–Crippen MR) is 78.1 cm³/mol. The van der Waals surface area contributed by atoms with Crippen molar-refractivity contribution in [2.75, 3.05) is 12.8 Å². The van der Waals surface area contributed by atoms with Crippen LogP contribution in [0.4, 0.5) is 5.82 Å². The van der Waals surface area contributed by atoms with Crippen LogP contribution in [-0.4, -0.2) is 34.1 Å². The van der Waals surface area contributed by atoms with Crippen LogP contribution in [0.3, 0.4) is 0 Å². The summed E-state index contributed by atoms with van der Waals surface area (Å²) in [5.74, 6) is -0.536. The number of nitrogens with zero attached hydrogens (tertiary/aromatic N) is 2. The Hall–Kier alpha value is -3.16. The highest BCUT2D eigenvalue weighted by Crippen LogP contribution is 2.26. The average Bonchev–Trinajstić information content (AvgIpc) is 2.48. The number of rotatable bonds is 5. The third kappa shape index (κ3) is 3.48. The first-order valence-electron chi connectivity index (χ1n) is 6.23. The zero-order valence-corrected chi connectivity index (χ0v) is 11.7. The van der Waals surface area contributed by atoms with Gasteiger partial charge in [-0.25, -0.2) is 9.97 Å². The lowest BCUT2D eigenvalue weighted by Gasteiger charge is -2.11. The van der Waals surface area contributed by atoms with Crippen molar-refractivity contribution in [3.05, 3.63) is 41.7 Å². The van der Waals surface area contributed by atoms with Crippen molar-refractivity contribution in [1.29, 1.82) is 5.41 Å². The lowest BCUT2D eigenvalue weighted by molar-refractivity contribution is -0.136. The normalized spacial score (nSPS) is 10.0. The van der Waals surface area contributed by atoms with Gasteiger partial charge in [0.2, 0.25) is 11.8 Å². The fraction of sp³-hybridized carbons (Fsp3) is 0.143. The molecule has 0 aliphatic rings. The average molecular weight is 302 g/mol. The third-order valence-corrected chi connectivity index (χ3v) is 2.77. The Kier molecular flexibility index (Phi) is 4.52. The number of aliphatic carboxylic acids is 1. The minimum atomic E-state index is -0.909. The Labute approximate surface area is 126 Å². The summed E-state index contributed by atoms with van der Waals surface area (Å²) in [6.07, 6.45) is 1.15. The van der Waals surface area contributed by atoms with Gasteiger partial charge in [-0.3, -0.25) is 10.2 Å². The van der Waals surface area contributed by atoms with Gasteiger partial charge in [-0.2, -0.15) is 0 Å². The maximum atomic E-state index is 10.6. The van der Waals surface area contributed by atoms with Crippen LogP contribution in [0.5, 0.6) is 11.6 Å². The van der Waals surface area contributed by atoms with E-state index >= 15 is 0 Å². The van der Waals surface area contributed by atoms with Gasteiger partial charge in [-0.15, -0.1) is 0 Å². The van der Waals surface area contributed by atoms with E-state index < -0.39 is 5.97 Å². The molecule has 0 saturated carbocycles. The summed E-state index contributed by atoms with van der Waals surface area (Å²) in [5.41, 5.74) is 6.51. The minimum Gasteiger partial charge on any atom is -0.481 e. The summed E-state index contributed by atoms with van der Waals surface area (Å²) in [4.78, 5) is 18.4. The van der Waals surface area contributed by atoms with Gasteiger partial charge in [0.05, 0.1) is 13.5 Å². The number of carboxylic acids is 1. The van der Waals surface area contributed by atoms with E-state index in [1.54, 1.807) is 24.3 Å². The van der Waals surface area contributed by atoms with Crippen LogP contribution < -0.4 is 10.5 Å². The molecule has 8 nitrogen and oxygen atoms in total. The second-order valence-electron chi connectivity index (χ2n) is 4.29. The molecule has 0 saturated heterocycles. The van der Waals surface area contributed by atoms with Crippen molar-refractivity contribution in [2.45, 2.75) is 6.42 Å². The number of methoxy groups -OCH3 is 1. The Bertz CT molecular complexity index is 700. The molecule has 0 amide bonds. The Morgan fingerprint density at radius 1 is 1.32 bits per heavy atom. The fourth-order valence-electron chi connectivity index (χ4n) is 1.74. The SMILES string of the molecule is COC(=N)c1c(N)ncnc1Oc1ccc(CC(=O)O)cc1. The Balaban J connectivity index is 2.25. The molecule has 1 aromatic heterocycles. The van der Waals surface area contributed by atoms with E-state index in [2.05, 4.69) is 9.97 Å². The summed E-state index contributed by atoms with van der Waals surface area (Å²) in [7, 11) is 1.33. The maximum absolute atomic E-state index is 10.6. The second kappa shape index (κ2) is 6.53. The number of carbonyl (C=O) groups is 1. The molecule has 0 unspecified atom stereocenters. The monoisotopic (exact) mass is 302 g/mol. The van der Waals surface area contributed by atoms with E-state index in [9.17, 15) is 4.79 Å². The highest BCUT2D eigenvalue weighted by molar-refractivity contribution is 5.98. The standard InChI is InChI=1S/C14H14N4O4/c1-21-13(16)11-12(15)17-7-18-14(11)22-9-4-2-8(3-5-9)6-10(19)20/h2-5,7,16H,6H2,1H3,(H,19,20)(H2,15,17,18). The van der Waals surface area contributed by atoms with E-state index in [4.69, 9.17) is 25.7 Å². The van der Waals surface area contributed by atoms with Crippen LogP contribution in [0.1, 0.15) is 11.1 Å². The third-order valence-electron chi connectivity index (χ3n) is 2.77. The molecule has 8 heteroatoms. The molecule has 0 spiro atoms. The van der Waals surface area contributed by atoms with Crippen molar-refractivity contribution in [2.24, 2.45) is 0 Å². The van der Waals surface area contributed by atoms with Gasteiger partial charge in [0.25, 0.3) is 0 Å². The van der Waals surface area contributed by atoms with E-state index in [0.29, 0.717) is 11.3 Å². The van der Waals surface area contributed by atoms with Crippen LogP contribution in [0.25, 0.3) is 0 Å². The molecule has 0 aliphatic heterocycles. The van der Waals surface area contributed by atoms with Gasteiger partial charge in [-0.05, 0) is 17.7 Å². The summed E-state index contributed by atoms with van der Waals surface area (Å²) < 4.78 is 10.4.